The Kier molecular flexibility index (Phi) is 4.47. The molecule has 1 heterocycles. The highest BCUT2D eigenvalue weighted by atomic mass is 19.1. The van der Waals surface area contributed by atoms with E-state index < -0.39 is 5.97 Å². The van der Waals surface area contributed by atoms with Crippen LogP contribution in [0.3, 0.4) is 0 Å². The van der Waals surface area contributed by atoms with Gasteiger partial charge in [0.25, 0.3) is 5.91 Å². The van der Waals surface area contributed by atoms with Gasteiger partial charge in [0, 0.05) is 24.2 Å². The Morgan fingerprint density at radius 1 is 1.35 bits per heavy atom. The molecule has 1 aliphatic heterocycles. The van der Waals surface area contributed by atoms with E-state index in [9.17, 15) is 14.0 Å². The first-order valence-electron chi connectivity index (χ1n) is 7.74. The highest BCUT2D eigenvalue weighted by molar-refractivity contribution is 5.95. The third-order valence-electron chi connectivity index (χ3n) is 4.44. The number of hydrogen-bond donors (Lipinski definition) is 3. The molecule has 2 aliphatic rings. The van der Waals surface area contributed by atoms with Crippen LogP contribution in [0, 0.1) is 11.7 Å². The van der Waals surface area contributed by atoms with Gasteiger partial charge in [-0.25, -0.2) is 4.39 Å². The molecule has 0 bridgehead atoms. The summed E-state index contributed by atoms with van der Waals surface area (Å²) in [5.41, 5.74) is 0.934. The molecule has 0 unspecified atom stereocenters. The molecule has 124 valence electrons. The summed E-state index contributed by atoms with van der Waals surface area (Å²) in [5.74, 6) is -1.30. The first kappa shape index (κ1) is 15.7. The summed E-state index contributed by atoms with van der Waals surface area (Å²) in [6.07, 6.45) is 2.82. The number of carbonyl (C=O) groups excluding carboxylic acids is 1. The molecule has 0 radical (unpaired) electrons. The SMILES string of the molecule is O=C1COc2cc(F)c(CNC3CCC(C(=O)O)CC3)cc2N1. The van der Waals surface area contributed by atoms with Crippen molar-refractivity contribution in [2.45, 2.75) is 38.3 Å². The van der Waals surface area contributed by atoms with Crippen LogP contribution < -0.4 is 15.4 Å². The maximum atomic E-state index is 14.1. The molecule has 7 heteroatoms. The van der Waals surface area contributed by atoms with Crippen LogP contribution in [0.2, 0.25) is 0 Å². The van der Waals surface area contributed by atoms with Crippen LogP contribution in [-0.2, 0) is 16.1 Å². The van der Waals surface area contributed by atoms with Crippen molar-refractivity contribution < 1.29 is 23.8 Å². The molecule has 23 heavy (non-hydrogen) atoms. The lowest BCUT2D eigenvalue weighted by molar-refractivity contribution is -0.142. The van der Waals surface area contributed by atoms with Gasteiger partial charge in [0.15, 0.2) is 6.61 Å². The van der Waals surface area contributed by atoms with Crippen molar-refractivity contribution in [1.82, 2.24) is 5.32 Å². The Morgan fingerprint density at radius 2 is 2.09 bits per heavy atom. The second-order valence-corrected chi connectivity index (χ2v) is 6.04. The number of carboxylic acid groups (broad SMARTS) is 1. The largest absolute Gasteiger partial charge is 0.481 e. The first-order valence-corrected chi connectivity index (χ1v) is 7.74. The minimum Gasteiger partial charge on any atom is -0.481 e. The second-order valence-electron chi connectivity index (χ2n) is 6.04. The first-order chi connectivity index (χ1) is 11.0. The predicted octanol–water partition coefficient (Wildman–Crippen LogP) is 1.89. The Balaban J connectivity index is 1.59. The van der Waals surface area contributed by atoms with Crippen LogP contribution in [0.25, 0.3) is 0 Å². The highest BCUT2D eigenvalue weighted by Crippen LogP contribution is 2.31. The fourth-order valence-corrected chi connectivity index (χ4v) is 3.08. The lowest BCUT2D eigenvalue weighted by atomic mass is 9.86. The number of aliphatic carboxylic acids is 1. The zero-order chi connectivity index (χ0) is 16.4. The molecule has 3 N–H and O–H groups in total. The number of ether oxygens (including phenoxy) is 1. The normalized spacial score (nSPS) is 23.6. The Bertz CT molecular complexity index is 627. The summed E-state index contributed by atoms with van der Waals surface area (Å²) in [7, 11) is 0. The highest BCUT2D eigenvalue weighted by Gasteiger charge is 2.26. The van der Waals surface area contributed by atoms with Crippen LogP contribution in [-0.4, -0.2) is 29.6 Å². The van der Waals surface area contributed by atoms with Crippen LogP contribution in [0.1, 0.15) is 31.2 Å². The molecule has 0 spiro atoms. The fourth-order valence-electron chi connectivity index (χ4n) is 3.08. The minimum absolute atomic E-state index is 0.100. The zero-order valence-corrected chi connectivity index (χ0v) is 12.6. The number of halogens is 1. The fraction of sp³-hybridized carbons (Fsp3) is 0.500. The monoisotopic (exact) mass is 322 g/mol. The van der Waals surface area contributed by atoms with E-state index in [0.717, 1.165) is 12.8 Å². The molecular weight excluding hydrogens is 303 g/mol. The number of rotatable bonds is 4. The van der Waals surface area contributed by atoms with Gasteiger partial charge in [0.2, 0.25) is 0 Å². The van der Waals surface area contributed by atoms with Crippen molar-refractivity contribution >= 4 is 17.6 Å². The summed E-state index contributed by atoms with van der Waals surface area (Å²) in [5, 5.41) is 14.9. The average molecular weight is 322 g/mol. The van der Waals surface area contributed by atoms with Crippen molar-refractivity contribution in [3.8, 4) is 5.75 Å². The third-order valence-corrected chi connectivity index (χ3v) is 4.44. The average Bonchev–Trinajstić information content (AvgIpc) is 2.53. The molecule has 1 saturated carbocycles. The summed E-state index contributed by atoms with van der Waals surface area (Å²) in [6.45, 7) is 0.230. The Morgan fingerprint density at radius 3 is 2.78 bits per heavy atom. The van der Waals surface area contributed by atoms with Crippen molar-refractivity contribution in [3.63, 3.8) is 0 Å². The van der Waals surface area contributed by atoms with Gasteiger partial charge < -0.3 is 20.5 Å². The van der Waals surface area contributed by atoms with Gasteiger partial charge in [-0.3, -0.25) is 9.59 Å². The van der Waals surface area contributed by atoms with Gasteiger partial charge in [-0.1, -0.05) is 0 Å². The van der Waals surface area contributed by atoms with Gasteiger partial charge in [-0.05, 0) is 31.7 Å². The number of carboxylic acids is 1. The van der Waals surface area contributed by atoms with E-state index >= 15 is 0 Å². The number of fused-ring (bicyclic) bond motifs is 1. The number of anilines is 1. The summed E-state index contributed by atoms with van der Waals surface area (Å²) in [4.78, 5) is 22.3. The van der Waals surface area contributed by atoms with E-state index in [-0.39, 0.29) is 30.3 Å². The number of benzene rings is 1. The molecule has 1 amide bonds. The Hall–Kier alpha value is -2.15. The quantitative estimate of drug-likeness (QED) is 0.788. The van der Waals surface area contributed by atoms with Gasteiger partial charge in [-0.2, -0.15) is 0 Å². The second kappa shape index (κ2) is 6.54. The molecule has 0 atom stereocenters. The molecule has 3 rings (SSSR count). The third kappa shape index (κ3) is 3.61. The number of hydrogen-bond acceptors (Lipinski definition) is 4. The van der Waals surface area contributed by atoms with E-state index in [4.69, 9.17) is 9.84 Å². The van der Waals surface area contributed by atoms with Crippen molar-refractivity contribution in [3.05, 3.63) is 23.5 Å². The lowest BCUT2D eigenvalue weighted by Gasteiger charge is -2.27. The molecule has 0 saturated heterocycles. The van der Waals surface area contributed by atoms with Gasteiger partial charge in [0.05, 0.1) is 11.6 Å². The van der Waals surface area contributed by atoms with Crippen molar-refractivity contribution in [2.24, 2.45) is 5.92 Å². The smallest absolute Gasteiger partial charge is 0.306 e. The van der Waals surface area contributed by atoms with Gasteiger partial charge in [-0.15, -0.1) is 0 Å². The van der Waals surface area contributed by atoms with E-state index in [1.165, 1.54) is 6.07 Å². The molecule has 1 aliphatic carbocycles. The number of amides is 1. The van der Waals surface area contributed by atoms with Gasteiger partial charge in [0.1, 0.15) is 11.6 Å². The maximum absolute atomic E-state index is 14.1. The van der Waals surface area contributed by atoms with Crippen LogP contribution in [0.15, 0.2) is 12.1 Å². The molecule has 6 nitrogen and oxygen atoms in total. The van der Waals surface area contributed by atoms with E-state index in [0.29, 0.717) is 36.4 Å². The molecule has 1 fully saturated rings. The summed E-state index contributed by atoms with van der Waals surface area (Å²) >= 11 is 0. The zero-order valence-electron chi connectivity index (χ0n) is 12.6. The van der Waals surface area contributed by atoms with Crippen molar-refractivity contribution in [2.75, 3.05) is 11.9 Å². The molecule has 1 aromatic rings. The maximum Gasteiger partial charge on any atom is 0.306 e. The van der Waals surface area contributed by atoms with Crippen LogP contribution >= 0.6 is 0 Å². The molecule has 1 aromatic carbocycles. The van der Waals surface area contributed by atoms with Gasteiger partial charge >= 0.3 is 5.97 Å². The minimum atomic E-state index is -0.736. The van der Waals surface area contributed by atoms with Crippen LogP contribution in [0.5, 0.6) is 5.75 Å². The number of nitrogens with one attached hydrogen (secondary N) is 2. The summed E-state index contributed by atoms with van der Waals surface area (Å²) < 4.78 is 19.3. The van der Waals surface area contributed by atoms with Crippen LogP contribution in [0.4, 0.5) is 10.1 Å². The predicted molar refractivity (Wildman–Crippen MR) is 80.7 cm³/mol. The molecule has 0 aromatic heterocycles. The van der Waals surface area contributed by atoms with E-state index in [2.05, 4.69) is 10.6 Å². The molecular formula is C16H19FN2O4. The Labute approximate surface area is 133 Å². The van der Waals surface area contributed by atoms with Crippen molar-refractivity contribution in [1.29, 1.82) is 0 Å². The lowest BCUT2D eigenvalue weighted by Crippen LogP contribution is -2.34. The topological polar surface area (TPSA) is 87.7 Å². The number of carbonyl (C=O) groups is 2. The summed E-state index contributed by atoms with van der Waals surface area (Å²) in [6, 6.07) is 3.05. The standard InChI is InChI=1S/C16H19FN2O4/c17-12-6-14-13(19-15(20)8-23-14)5-10(12)7-18-11-3-1-9(2-4-11)16(21)22/h5-6,9,11,18H,1-4,7-8H2,(H,19,20)(H,21,22). The van der Waals surface area contributed by atoms with E-state index in [1.54, 1.807) is 6.07 Å². The van der Waals surface area contributed by atoms with E-state index in [1.807, 2.05) is 0 Å².